The Balaban J connectivity index is 2.11. The SMILES string of the molecule is [Se]c1ccc2c(c1)Oc1ccccc1N2. The normalized spacial score (nSPS) is 12.0. The summed E-state index contributed by atoms with van der Waals surface area (Å²) in [5.74, 6) is 1.74. The van der Waals surface area contributed by atoms with Gasteiger partial charge in [-0.05, 0) is 0 Å². The molecule has 15 heavy (non-hydrogen) atoms. The molecule has 2 aromatic rings. The Morgan fingerprint density at radius 2 is 1.73 bits per heavy atom. The predicted molar refractivity (Wildman–Crippen MR) is 61.6 cm³/mol. The number of hydrogen-bond acceptors (Lipinski definition) is 2. The van der Waals surface area contributed by atoms with Crippen molar-refractivity contribution >= 4 is 31.8 Å². The minimum atomic E-state index is 0.866. The van der Waals surface area contributed by atoms with Gasteiger partial charge >= 0.3 is 95.9 Å². The topological polar surface area (TPSA) is 21.3 Å². The molecule has 0 atom stereocenters. The molecule has 0 bridgehead atoms. The van der Waals surface area contributed by atoms with Crippen LogP contribution in [0.2, 0.25) is 0 Å². The molecule has 1 aliphatic heterocycles. The van der Waals surface area contributed by atoms with E-state index < -0.39 is 0 Å². The average molecular weight is 261 g/mol. The monoisotopic (exact) mass is 262 g/mol. The maximum absolute atomic E-state index is 5.78. The number of hydrogen-bond donors (Lipinski definition) is 1. The molecule has 2 aromatic carbocycles. The van der Waals surface area contributed by atoms with Crippen LogP contribution in [0, 0.1) is 0 Å². The first-order valence-electron chi connectivity index (χ1n) is 4.68. The molecule has 1 N–H and O–H groups in total. The third kappa shape index (κ3) is 1.50. The van der Waals surface area contributed by atoms with Crippen LogP contribution >= 0.6 is 0 Å². The van der Waals surface area contributed by atoms with Crippen molar-refractivity contribution in [2.75, 3.05) is 5.32 Å². The van der Waals surface area contributed by atoms with Gasteiger partial charge in [0.25, 0.3) is 0 Å². The summed E-state index contributed by atoms with van der Waals surface area (Å²) in [4.78, 5) is 0. The van der Waals surface area contributed by atoms with Crippen molar-refractivity contribution in [2.45, 2.75) is 0 Å². The van der Waals surface area contributed by atoms with Gasteiger partial charge in [0.2, 0.25) is 0 Å². The van der Waals surface area contributed by atoms with Gasteiger partial charge in [-0.25, -0.2) is 0 Å². The molecular formula is C12H8NOSe. The number of anilines is 2. The van der Waals surface area contributed by atoms with Crippen LogP contribution in [-0.4, -0.2) is 16.0 Å². The number of para-hydroxylation sites is 2. The zero-order valence-electron chi connectivity index (χ0n) is 7.86. The van der Waals surface area contributed by atoms with Crippen LogP contribution in [0.1, 0.15) is 0 Å². The molecular weight excluding hydrogens is 253 g/mol. The number of fused-ring (bicyclic) bond motifs is 2. The van der Waals surface area contributed by atoms with E-state index in [0.717, 1.165) is 27.3 Å². The zero-order chi connectivity index (χ0) is 10.3. The third-order valence-corrected chi connectivity index (χ3v) is 2.86. The van der Waals surface area contributed by atoms with Crippen molar-refractivity contribution < 1.29 is 4.74 Å². The summed E-state index contributed by atoms with van der Waals surface area (Å²) < 4.78 is 6.85. The Labute approximate surface area is 96.1 Å². The molecule has 2 nitrogen and oxygen atoms in total. The Morgan fingerprint density at radius 3 is 2.67 bits per heavy atom. The Morgan fingerprint density at radius 1 is 0.933 bits per heavy atom. The first-order chi connectivity index (χ1) is 7.33. The fraction of sp³-hybridized carbons (Fsp3) is 0. The van der Waals surface area contributed by atoms with Gasteiger partial charge in [0.05, 0.1) is 0 Å². The Hall–Kier alpha value is -1.44. The molecule has 0 saturated heterocycles. The van der Waals surface area contributed by atoms with Crippen LogP contribution in [0.15, 0.2) is 42.5 Å². The summed E-state index contributed by atoms with van der Waals surface area (Å²) in [5.41, 5.74) is 2.02. The summed E-state index contributed by atoms with van der Waals surface area (Å²) in [6.07, 6.45) is 0. The van der Waals surface area contributed by atoms with Gasteiger partial charge in [0, 0.05) is 0 Å². The van der Waals surface area contributed by atoms with E-state index in [-0.39, 0.29) is 0 Å². The van der Waals surface area contributed by atoms with Gasteiger partial charge in [-0.1, -0.05) is 0 Å². The molecule has 1 heterocycles. The molecule has 3 rings (SSSR count). The molecule has 1 radical (unpaired) electrons. The van der Waals surface area contributed by atoms with E-state index in [4.69, 9.17) is 4.74 Å². The van der Waals surface area contributed by atoms with Crippen LogP contribution in [0.25, 0.3) is 0 Å². The molecule has 0 saturated carbocycles. The molecule has 0 unspecified atom stereocenters. The summed E-state index contributed by atoms with van der Waals surface area (Å²) in [7, 11) is 0. The first kappa shape index (κ1) is 8.83. The predicted octanol–water partition coefficient (Wildman–Crippen LogP) is 2.33. The van der Waals surface area contributed by atoms with Gasteiger partial charge in [-0.15, -0.1) is 0 Å². The van der Waals surface area contributed by atoms with Crippen LogP contribution in [0.4, 0.5) is 11.4 Å². The summed E-state index contributed by atoms with van der Waals surface area (Å²) in [5, 5.41) is 3.33. The molecule has 73 valence electrons. The van der Waals surface area contributed by atoms with Crippen molar-refractivity contribution in [2.24, 2.45) is 0 Å². The number of ether oxygens (including phenoxy) is 1. The minimum absolute atomic E-state index is 0.866. The number of nitrogens with one attached hydrogen (secondary N) is 1. The van der Waals surface area contributed by atoms with Crippen LogP contribution in [0.5, 0.6) is 11.5 Å². The van der Waals surface area contributed by atoms with Crippen molar-refractivity contribution in [3.05, 3.63) is 42.5 Å². The van der Waals surface area contributed by atoms with Gasteiger partial charge in [-0.3, -0.25) is 0 Å². The molecule has 0 amide bonds. The number of rotatable bonds is 0. The van der Waals surface area contributed by atoms with E-state index >= 15 is 0 Å². The van der Waals surface area contributed by atoms with Crippen molar-refractivity contribution in [3.8, 4) is 11.5 Å². The van der Waals surface area contributed by atoms with E-state index in [0.29, 0.717) is 0 Å². The average Bonchev–Trinajstić information content (AvgIpc) is 2.26. The first-order valence-corrected chi connectivity index (χ1v) is 5.53. The van der Waals surface area contributed by atoms with Crippen LogP contribution in [-0.2, 0) is 0 Å². The van der Waals surface area contributed by atoms with Gasteiger partial charge in [0.1, 0.15) is 0 Å². The van der Waals surface area contributed by atoms with Crippen molar-refractivity contribution in [1.29, 1.82) is 0 Å². The second kappa shape index (κ2) is 3.30. The molecule has 0 aliphatic carbocycles. The summed E-state index contributed by atoms with van der Waals surface area (Å²) in [6.45, 7) is 0. The standard InChI is InChI=1S/C12H8NOSe/c15-8-5-6-10-12(7-8)14-11-4-2-1-3-9(11)13-10/h1-7,13H. The fourth-order valence-corrected chi connectivity index (χ4v) is 1.98. The Bertz CT molecular complexity index is 525. The van der Waals surface area contributed by atoms with Crippen molar-refractivity contribution in [3.63, 3.8) is 0 Å². The third-order valence-electron chi connectivity index (χ3n) is 2.33. The quantitative estimate of drug-likeness (QED) is 0.627. The van der Waals surface area contributed by atoms with Crippen molar-refractivity contribution in [1.82, 2.24) is 0 Å². The number of benzene rings is 2. The Kier molecular flexibility index (Phi) is 1.94. The molecule has 1 aliphatic rings. The van der Waals surface area contributed by atoms with Crippen LogP contribution < -0.4 is 14.5 Å². The van der Waals surface area contributed by atoms with E-state index in [1.165, 1.54) is 0 Å². The molecule has 0 spiro atoms. The van der Waals surface area contributed by atoms with Gasteiger partial charge in [-0.2, -0.15) is 0 Å². The fourth-order valence-electron chi connectivity index (χ4n) is 1.61. The molecule has 0 aromatic heterocycles. The second-order valence-corrected chi connectivity index (χ2v) is 4.37. The second-order valence-electron chi connectivity index (χ2n) is 3.38. The molecule has 3 heteroatoms. The molecule has 0 fully saturated rings. The van der Waals surface area contributed by atoms with E-state index in [1.54, 1.807) is 0 Å². The van der Waals surface area contributed by atoms with Crippen LogP contribution in [0.3, 0.4) is 0 Å². The van der Waals surface area contributed by atoms with Gasteiger partial charge < -0.3 is 0 Å². The van der Waals surface area contributed by atoms with Gasteiger partial charge in [0.15, 0.2) is 0 Å². The summed E-state index contributed by atoms with van der Waals surface area (Å²) >= 11 is 2.97. The maximum atomic E-state index is 5.78. The van der Waals surface area contributed by atoms with E-state index in [2.05, 4.69) is 21.3 Å². The van der Waals surface area contributed by atoms with E-state index in [1.807, 2.05) is 42.5 Å². The zero-order valence-corrected chi connectivity index (χ0v) is 9.57. The van der Waals surface area contributed by atoms with E-state index in [9.17, 15) is 0 Å². The summed E-state index contributed by atoms with van der Waals surface area (Å²) in [6, 6.07) is 13.9.